The quantitative estimate of drug-likeness (QED) is 0.329. The predicted molar refractivity (Wildman–Crippen MR) is 93.4 cm³/mol. The minimum absolute atomic E-state index is 0.211. The molecule has 3 N–H and O–H groups in total. The Hall–Kier alpha value is -0.580. The van der Waals surface area contributed by atoms with Crippen molar-refractivity contribution in [1.82, 2.24) is 5.43 Å². The van der Waals surface area contributed by atoms with E-state index < -0.39 is 0 Å². The van der Waals surface area contributed by atoms with E-state index in [4.69, 9.17) is 10.6 Å². The molecule has 0 aliphatic carbocycles. The number of rotatable bonds is 11. The summed E-state index contributed by atoms with van der Waals surface area (Å²) in [4.78, 5) is 0. The van der Waals surface area contributed by atoms with Gasteiger partial charge in [-0.1, -0.05) is 57.9 Å². The first-order chi connectivity index (χ1) is 10.2. The zero-order valence-corrected chi connectivity index (χ0v) is 14.9. The van der Waals surface area contributed by atoms with Crippen molar-refractivity contribution in [1.29, 1.82) is 0 Å². The van der Waals surface area contributed by atoms with Crippen molar-refractivity contribution in [2.75, 3.05) is 7.11 Å². The summed E-state index contributed by atoms with van der Waals surface area (Å²) in [5.41, 5.74) is 4.14. The monoisotopic (exact) mass is 356 g/mol. The normalized spacial score (nSPS) is 12.4. The van der Waals surface area contributed by atoms with Crippen LogP contribution in [0.5, 0.6) is 5.75 Å². The van der Waals surface area contributed by atoms with Crippen molar-refractivity contribution in [3.8, 4) is 5.75 Å². The van der Waals surface area contributed by atoms with Gasteiger partial charge in [0.25, 0.3) is 0 Å². The van der Waals surface area contributed by atoms with Gasteiger partial charge in [0.15, 0.2) is 0 Å². The average Bonchev–Trinajstić information content (AvgIpc) is 2.50. The molecule has 0 fully saturated rings. The van der Waals surface area contributed by atoms with Crippen LogP contribution in [0, 0.1) is 0 Å². The largest absolute Gasteiger partial charge is 0.496 e. The third-order valence-electron chi connectivity index (χ3n) is 3.88. The molecule has 0 amide bonds. The lowest BCUT2D eigenvalue weighted by atomic mass is 10.00. The van der Waals surface area contributed by atoms with Gasteiger partial charge in [-0.25, -0.2) is 0 Å². The highest BCUT2D eigenvalue weighted by Crippen LogP contribution is 2.29. The second-order valence-corrected chi connectivity index (χ2v) is 6.38. The van der Waals surface area contributed by atoms with Gasteiger partial charge >= 0.3 is 0 Å². The topological polar surface area (TPSA) is 47.3 Å². The second-order valence-electron chi connectivity index (χ2n) is 5.52. The maximum atomic E-state index is 5.71. The Bertz CT molecular complexity index is 398. The third kappa shape index (κ3) is 6.81. The summed E-state index contributed by atoms with van der Waals surface area (Å²) in [7, 11) is 1.68. The van der Waals surface area contributed by atoms with Crippen molar-refractivity contribution in [2.24, 2.45) is 5.84 Å². The molecule has 1 rings (SSSR count). The Morgan fingerprint density at radius 1 is 1.14 bits per heavy atom. The molecule has 0 heterocycles. The Kier molecular flexibility index (Phi) is 9.72. The number of unbranched alkanes of at least 4 members (excludes halogenated alkanes) is 6. The minimum Gasteiger partial charge on any atom is -0.496 e. The summed E-state index contributed by atoms with van der Waals surface area (Å²) in [6, 6.07) is 6.36. The van der Waals surface area contributed by atoms with Gasteiger partial charge in [-0.05, 0) is 40.0 Å². The van der Waals surface area contributed by atoms with Gasteiger partial charge in [-0.3, -0.25) is 11.3 Å². The summed E-state index contributed by atoms with van der Waals surface area (Å²) in [5.74, 6) is 6.56. The SMILES string of the molecule is CCCCCCCCCC(NN)c1ccc(OC)c(Br)c1. The molecule has 0 radical (unpaired) electrons. The van der Waals surface area contributed by atoms with E-state index in [0.717, 1.165) is 16.6 Å². The fourth-order valence-corrected chi connectivity index (χ4v) is 3.11. The molecule has 1 atom stereocenters. The highest BCUT2D eigenvalue weighted by Gasteiger charge is 2.11. The number of halogens is 1. The van der Waals surface area contributed by atoms with Crippen LogP contribution in [0.4, 0.5) is 0 Å². The van der Waals surface area contributed by atoms with E-state index in [1.165, 1.54) is 50.5 Å². The summed E-state index contributed by atoms with van der Waals surface area (Å²) < 4.78 is 6.23. The molecule has 120 valence electrons. The molecule has 0 saturated heterocycles. The van der Waals surface area contributed by atoms with Crippen LogP contribution in [-0.2, 0) is 0 Å². The first kappa shape index (κ1) is 18.5. The molecule has 0 spiro atoms. The van der Waals surface area contributed by atoms with Gasteiger partial charge in [0.2, 0.25) is 0 Å². The fourth-order valence-electron chi connectivity index (χ4n) is 2.55. The smallest absolute Gasteiger partial charge is 0.133 e. The molecule has 1 aromatic carbocycles. The number of nitrogens with two attached hydrogens (primary N) is 1. The van der Waals surface area contributed by atoms with Crippen molar-refractivity contribution in [2.45, 2.75) is 64.3 Å². The van der Waals surface area contributed by atoms with Crippen molar-refractivity contribution < 1.29 is 4.74 Å². The lowest BCUT2D eigenvalue weighted by molar-refractivity contribution is 0.411. The molecule has 1 aromatic rings. The molecule has 0 bridgehead atoms. The fraction of sp³-hybridized carbons (Fsp3) is 0.647. The van der Waals surface area contributed by atoms with Gasteiger partial charge in [0, 0.05) is 6.04 Å². The highest BCUT2D eigenvalue weighted by molar-refractivity contribution is 9.10. The van der Waals surface area contributed by atoms with Crippen LogP contribution in [0.25, 0.3) is 0 Å². The van der Waals surface area contributed by atoms with Crippen LogP contribution >= 0.6 is 15.9 Å². The maximum Gasteiger partial charge on any atom is 0.133 e. The zero-order chi connectivity index (χ0) is 15.5. The lowest BCUT2D eigenvalue weighted by Gasteiger charge is -2.17. The molecule has 0 aliphatic rings. The van der Waals surface area contributed by atoms with Crippen LogP contribution in [-0.4, -0.2) is 7.11 Å². The van der Waals surface area contributed by atoms with Gasteiger partial charge in [-0.15, -0.1) is 0 Å². The lowest BCUT2D eigenvalue weighted by Crippen LogP contribution is -2.28. The Morgan fingerprint density at radius 2 is 1.81 bits per heavy atom. The number of nitrogens with one attached hydrogen (secondary N) is 1. The van der Waals surface area contributed by atoms with Crippen molar-refractivity contribution in [3.05, 3.63) is 28.2 Å². The van der Waals surface area contributed by atoms with Gasteiger partial charge in [0.05, 0.1) is 11.6 Å². The first-order valence-corrected chi connectivity index (χ1v) is 8.81. The van der Waals surface area contributed by atoms with E-state index in [0.29, 0.717) is 0 Å². The van der Waals surface area contributed by atoms with E-state index in [2.05, 4.69) is 40.4 Å². The summed E-state index contributed by atoms with van der Waals surface area (Å²) in [6.45, 7) is 2.25. The maximum absolute atomic E-state index is 5.71. The minimum atomic E-state index is 0.211. The van der Waals surface area contributed by atoms with E-state index >= 15 is 0 Å². The number of ether oxygens (including phenoxy) is 1. The van der Waals surface area contributed by atoms with Gasteiger partial charge < -0.3 is 4.74 Å². The summed E-state index contributed by atoms with van der Waals surface area (Å²) >= 11 is 3.53. The zero-order valence-electron chi connectivity index (χ0n) is 13.3. The Balaban J connectivity index is 2.36. The van der Waals surface area contributed by atoms with Crippen LogP contribution in [0.3, 0.4) is 0 Å². The van der Waals surface area contributed by atoms with Crippen molar-refractivity contribution in [3.63, 3.8) is 0 Å². The van der Waals surface area contributed by atoms with Gasteiger partial charge in [0.1, 0.15) is 5.75 Å². The number of methoxy groups -OCH3 is 1. The number of hydrazine groups is 1. The number of hydrogen-bond donors (Lipinski definition) is 2. The van der Waals surface area contributed by atoms with E-state index in [1.807, 2.05) is 6.07 Å². The molecule has 0 saturated carbocycles. The van der Waals surface area contributed by atoms with Crippen LogP contribution < -0.4 is 16.0 Å². The molecule has 3 nitrogen and oxygen atoms in total. The van der Waals surface area contributed by atoms with Gasteiger partial charge in [-0.2, -0.15) is 0 Å². The standard InChI is InChI=1S/C17H29BrN2O/c1-3-4-5-6-7-8-9-10-16(20-19)14-11-12-17(21-2)15(18)13-14/h11-13,16,20H,3-10,19H2,1-2H3. The molecule has 4 heteroatoms. The van der Waals surface area contributed by atoms with Crippen molar-refractivity contribution >= 4 is 15.9 Å². The van der Waals surface area contributed by atoms with Crippen LogP contribution in [0.15, 0.2) is 22.7 Å². The third-order valence-corrected chi connectivity index (χ3v) is 4.50. The molecule has 0 aromatic heterocycles. The van der Waals surface area contributed by atoms with E-state index in [-0.39, 0.29) is 6.04 Å². The van der Waals surface area contributed by atoms with E-state index in [1.54, 1.807) is 7.11 Å². The second kappa shape index (κ2) is 11.0. The molecule has 21 heavy (non-hydrogen) atoms. The average molecular weight is 357 g/mol. The number of benzene rings is 1. The number of hydrogen-bond acceptors (Lipinski definition) is 3. The first-order valence-electron chi connectivity index (χ1n) is 8.02. The Labute approximate surface area is 137 Å². The highest BCUT2D eigenvalue weighted by atomic mass is 79.9. The van der Waals surface area contributed by atoms with E-state index in [9.17, 15) is 0 Å². The molecular formula is C17H29BrN2O. The summed E-state index contributed by atoms with van der Waals surface area (Å²) in [6.07, 6.45) is 10.3. The van der Waals surface area contributed by atoms with Crippen LogP contribution in [0.2, 0.25) is 0 Å². The van der Waals surface area contributed by atoms with Crippen LogP contribution in [0.1, 0.15) is 69.9 Å². The Morgan fingerprint density at radius 3 is 2.38 bits per heavy atom. The predicted octanol–water partition coefficient (Wildman–Crippen LogP) is 5.10. The molecule has 1 unspecified atom stereocenters. The molecule has 0 aliphatic heterocycles. The summed E-state index contributed by atoms with van der Waals surface area (Å²) in [5, 5.41) is 0. The molecular weight excluding hydrogens is 328 g/mol.